The van der Waals surface area contributed by atoms with Crippen molar-refractivity contribution in [2.75, 3.05) is 25.1 Å². The van der Waals surface area contributed by atoms with Crippen LogP contribution in [0.25, 0.3) is 0 Å². The van der Waals surface area contributed by atoms with E-state index in [2.05, 4.69) is 28.9 Å². The van der Waals surface area contributed by atoms with Crippen molar-refractivity contribution in [2.45, 2.75) is 13.0 Å². The Balaban J connectivity index is 2.18. The van der Waals surface area contributed by atoms with Crippen molar-refractivity contribution < 1.29 is 4.74 Å². The van der Waals surface area contributed by atoms with Crippen LogP contribution in [0.15, 0.2) is 29.3 Å². The summed E-state index contributed by atoms with van der Waals surface area (Å²) in [6.07, 6.45) is 1.98. The molecule has 0 spiro atoms. The number of rotatable bonds is 2. The SMILES string of the molecule is COc1ccc(N2CC=NCC2C)cc1. The Morgan fingerprint density at radius 1 is 1.33 bits per heavy atom. The molecule has 1 aromatic carbocycles. The van der Waals surface area contributed by atoms with E-state index >= 15 is 0 Å². The maximum atomic E-state index is 5.14. The van der Waals surface area contributed by atoms with Gasteiger partial charge in [-0.2, -0.15) is 0 Å². The lowest BCUT2D eigenvalue weighted by Crippen LogP contribution is -2.39. The normalized spacial score (nSPS) is 20.4. The van der Waals surface area contributed by atoms with Crippen LogP contribution < -0.4 is 9.64 Å². The van der Waals surface area contributed by atoms with Gasteiger partial charge in [-0.05, 0) is 31.2 Å². The summed E-state index contributed by atoms with van der Waals surface area (Å²) in [6.45, 7) is 3.97. The van der Waals surface area contributed by atoms with E-state index in [1.165, 1.54) is 5.69 Å². The molecule has 0 saturated carbocycles. The molecular weight excluding hydrogens is 188 g/mol. The molecule has 1 unspecified atom stereocenters. The van der Waals surface area contributed by atoms with Gasteiger partial charge in [-0.25, -0.2) is 0 Å². The Morgan fingerprint density at radius 3 is 2.67 bits per heavy atom. The van der Waals surface area contributed by atoms with Gasteiger partial charge in [-0.1, -0.05) is 0 Å². The first-order valence-electron chi connectivity index (χ1n) is 5.20. The smallest absolute Gasteiger partial charge is 0.119 e. The zero-order valence-corrected chi connectivity index (χ0v) is 9.18. The predicted octanol–water partition coefficient (Wildman–Crippen LogP) is 1.97. The number of hydrogen-bond acceptors (Lipinski definition) is 3. The number of aliphatic imine (C=N–C) groups is 1. The monoisotopic (exact) mass is 204 g/mol. The highest BCUT2D eigenvalue weighted by Crippen LogP contribution is 2.21. The highest BCUT2D eigenvalue weighted by molar-refractivity contribution is 5.68. The van der Waals surface area contributed by atoms with Gasteiger partial charge < -0.3 is 9.64 Å². The van der Waals surface area contributed by atoms with Crippen LogP contribution in [0, 0.1) is 0 Å². The second-order valence-electron chi connectivity index (χ2n) is 3.75. The number of ether oxygens (including phenoxy) is 1. The first kappa shape index (κ1) is 10.0. The van der Waals surface area contributed by atoms with Gasteiger partial charge in [0.15, 0.2) is 0 Å². The Kier molecular flexibility index (Phi) is 2.90. The van der Waals surface area contributed by atoms with Crippen LogP contribution >= 0.6 is 0 Å². The van der Waals surface area contributed by atoms with Crippen molar-refractivity contribution in [1.82, 2.24) is 0 Å². The molecule has 1 aliphatic heterocycles. The summed E-state index contributed by atoms with van der Waals surface area (Å²) in [5.74, 6) is 0.900. The van der Waals surface area contributed by atoms with Crippen LogP contribution in [0.4, 0.5) is 5.69 Å². The Bertz CT molecular complexity index is 345. The van der Waals surface area contributed by atoms with Crippen LogP contribution in [0.1, 0.15) is 6.92 Å². The topological polar surface area (TPSA) is 24.8 Å². The molecule has 1 heterocycles. The Hall–Kier alpha value is -1.51. The molecule has 3 nitrogen and oxygen atoms in total. The molecule has 0 aromatic heterocycles. The molecule has 2 rings (SSSR count). The molecular formula is C12H16N2O. The number of anilines is 1. The molecule has 1 atom stereocenters. The van der Waals surface area contributed by atoms with Crippen molar-refractivity contribution in [1.29, 1.82) is 0 Å². The van der Waals surface area contributed by atoms with Gasteiger partial charge in [0.25, 0.3) is 0 Å². The van der Waals surface area contributed by atoms with E-state index in [9.17, 15) is 0 Å². The van der Waals surface area contributed by atoms with Crippen molar-refractivity contribution >= 4 is 11.9 Å². The molecule has 0 aliphatic carbocycles. The largest absolute Gasteiger partial charge is 0.497 e. The number of methoxy groups -OCH3 is 1. The minimum Gasteiger partial charge on any atom is -0.497 e. The van der Waals surface area contributed by atoms with E-state index in [1.807, 2.05) is 18.3 Å². The molecule has 1 aromatic rings. The molecule has 0 amide bonds. The molecule has 15 heavy (non-hydrogen) atoms. The fourth-order valence-electron chi connectivity index (χ4n) is 1.78. The first-order chi connectivity index (χ1) is 7.31. The first-order valence-corrected chi connectivity index (χ1v) is 5.20. The molecule has 0 radical (unpaired) electrons. The number of benzene rings is 1. The minimum atomic E-state index is 0.475. The average molecular weight is 204 g/mol. The second kappa shape index (κ2) is 4.34. The van der Waals surface area contributed by atoms with Crippen LogP contribution in [0.3, 0.4) is 0 Å². The Morgan fingerprint density at radius 2 is 2.07 bits per heavy atom. The standard InChI is InChI=1S/C12H16N2O/c1-10-9-13-7-8-14(10)11-3-5-12(15-2)6-4-11/h3-7,10H,8-9H2,1-2H3. The van der Waals surface area contributed by atoms with Gasteiger partial charge in [0, 0.05) is 17.9 Å². The van der Waals surface area contributed by atoms with Gasteiger partial charge in [-0.3, -0.25) is 4.99 Å². The molecule has 0 saturated heterocycles. The van der Waals surface area contributed by atoms with E-state index in [1.54, 1.807) is 7.11 Å². The van der Waals surface area contributed by atoms with Crippen molar-refractivity contribution in [3.63, 3.8) is 0 Å². The molecule has 1 aliphatic rings. The fraction of sp³-hybridized carbons (Fsp3) is 0.417. The van der Waals surface area contributed by atoms with Crippen molar-refractivity contribution in [2.24, 2.45) is 4.99 Å². The molecule has 3 heteroatoms. The van der Waals surface area contributed by atoms with Gasteiger partial charge in [0.1, 0.15) is 5.75 Å². The predicted molar refractivity (Wildman–Crippen MR) is 63.2 cm³/mol. The third-order valence-corrected chi connectivity index (χ3v) is 2.71. The zero-order chi connectivity index (χ0) is 10.7. The maximum absolute atomic E-state index is 5.14. The average Bonchev–Trinajstić information content (AvgIpc) is 2.30. The van der Waals surface area contributed by atoms with Crippen LogP contribution in [0.2, 0.25) is 0 Å². The van der Waals surface area contributed by atoms with E-state index in [4.69, 9.17) is 4.74 Å². The zero-order valence-electron chi connectivity index (χ0n) is 9.18. The summed E-state index contributed by atoms with van der Waals surface area (Å²) >= 11 is 0. The van der Waals surface area contributed by atoms with Crippen molar-refractivity contribution in [3.8, 4) is 5.75 Å². The minimum absolute atomic E-state index is 0.475. The van der Waals surface area contributed by atoms with Gasteiger partial charge >= 0.3 is 0 Å². The van der Waals surface area contributed by atoms with E-state index in [0.717, 1.165) is 18.8 Å². The summed E-state index contributed by atoms with van der Waals surface area (Å²) < 4.78 is 5.14. The molecule has 80 valence electrons. The molecule has 0 N–H and O–H groups in total. The second-order valence-corrected chi connectivity index (χ2v) is 3.75. The van der Waals surface area contributed by atoms with Gasteiger partial charge in [0.05, 0.1) is 20.2 Å². The van der Waals surface area contributed by atoms with E-state index in [0.29, 0.717) is 6.04 Å². The summed E-state index contributed by atoms with van der Waals surface area (Å²) in [4.78, 5) is 6.62. The highest BCUT2D eigenvalue weighted by atomic mass is 16.5. The third kappa shape index (κ3) is 2.12. The molecule has 0 bridgehead atoms. The fourth-order valence-corrected chi connectivity index (χ4v) is 1.78. The summed E-state index contributed by atoms with van der Waals surface area (Å²) in [6, 6.07) is 8.65. The number of nitrogens with zero attached hydrogens (tertiary/aromatic N) is 2. The van der Waals surface area contributed by atoms with Crippen LogP contribution in [0.5, 0.6) is 5.75 Å². The summed E-state index contributed by atoms with van der Waals surface area (Å²) in [7, 11) is 1.69. The van der Waals surface area contributed by atoms with Gasteiger partial charge in [0.2, 0.25) is 0 Å². The van der Waals surface area contributed by atoms with Crippen LogP contribution in [-0.2, 0) is 0 Å². The lowest BCUT2D eigenvalue weighted by Gasteiger charge is -2.31. The lowest BCUT2D eigenvalue weighted by atomic mass is 10.2. The molecule has 0 fully saturated rings. The third-order valence-electron chi connectivity index (χ3n) is 2.71. The lowest BCUT2D eigenvalue weighted by molar-refractivity contribution is 0.415. The van der Waals surface area contributed by atoms with E-state index < -0.39 is 0 Å². The van der Waals surface area contributed by atoms with Crippen LogP contribution in [-0.4, -0.2) is 32.5 Å². The Labute approximate surface area is 90.4 Å². The van der Waals surface area contributed by atoms with E-state index in [-0.39, 0.29) is 0 Å². The quantitative estimate of drug-likeness (QED) is 0.735. The maximum Gasteiger partial charge on any atom is 0.119 e. The van der Waals surface area contributed by atoms with Gasteiger partial charge in [-0.15, -0.1) is 0 Å². The van der Waals surface area contributed by atoms with Crippen molar-refractivity contribution in [3.05, 3.63) is 24.3 Å². The summed E-state index contributed by atoms with van der Waals surface area (Å²) in [5, 5.41) is 0. The summed E-state index contributed by atoms with van der Waals surface area (Å²) in [5.41, 5.74) is 1.23. The highest BCUT2D eigenvalue weighted by Gasteiger charge is 2.15. The number of hydrogen-bond donors (Lipinski definition) is 0.